The van der Waals surface area contributed by atoms with Gasteiger partial charge in [0.1, 0.15) is 5.65 Å². The van der Waals surface area contributed by atoms with E-state index in [2.05, 4.69) is 46.3 Å². The normalized spacial score (nSPS) is 11.8. The predicted octanol–water partition coefficient (Wildman–Crippen LogP) is 4.65. The van der Waals surface area contributed by atoms with Crippen molar-refractivity contribution in [1.82, 2.24) is 24.4 Å². The Labute approximate surface area is 185 Å². The summed E-state index contributed by atoms with van der Waals surface area (Å²) in [7, 11) is 0. The number of aromatic amines is 1. The summed E-state index contributed by atoms with van der Waals surface area (Å²) in [6.07, 6.45) is 3.48. The molecule has 0 unspecified atom stereocenters. The highest BCUT2D eigenvalue weighted by Crippen LogP contribution is 2.19. The number of H-pyrrole nitrogens is 1. The first-order valence-electron chi connectivity index (χ1n) is 10.2. The molecule has 0 saturated carbocycles. The molecule has 3 aromatic heterocycles. The second-order valence-electron chi connectivity index (χ2n) is 7.71. The third-order valence-corrected chi connectivity index (χ3v) is 5.48. The first-order chi connectivity index (χ1) is 14.9. The van der Waals surface area contributed by atoms with Gasteiger partial charge in [-0.15, -0.1) is 0 Å². The van der Waals surface area contributed by atoms with E-state index in [1.807, 2.05) is 36.6 Å². The van der Waals surface area contributed by atoms with Crippen LogP contribution >= 0.6 is 12.2 Å². The molecular formula is C23H24N6OS. The largest absolute Gasteiger partial charge is 0.332 e. The number of benzene rings is 1. The van der Waals surface area contributed by atoms with Gasteiger partial charge < -0.3 is 4.57 Å². The van der Waals surface area contributed by atoms with Crippen molar-refractivity contribution in [3.63, 3.8) is 0 Å². The van der Waals surface area contributed by atoms with Gasteiger partial charge in [-0.2, -0.15) is 14.9 Å². The summed E-state index contributed by atoms with van der Waals surface area (Å²) < 4.78 is 3.74. The van der Waals surface area contributed by atoms with E-state index in [1.54, 1.807) is 18.5 Å². The first-order valence-corrected chi connectivity index (χ1v) is 10.6. The minimum Gasteiger partial charge on any atom is -0.332 e. The van der Waals surface area contributed by atoms with Crippen molar-refractivity contribution < 1.29 is 0 Å². The van der Waals surface area contributed by atoms with Gasteiger partial charge >= 0.3 is 0 Å². The minimum absolute atomic E-state index is 0.154. The van der Waals surface area contributed by atoms with Crippen LogP contribution < -0.4 is 5.43 Å². The average Bonchev–Trinajstić information content (AvgIpc) is 3.13. The quantitative estimate of drug-likeness (QED) is 0.368. The summed E-state index contributed by atoms with van der Waals surface area (Å²) in [5.74, 6) is 0.835. The van der Waals surface area contributed by atoms with Gasteiger partial charge in [-0.05, 0) is 55.2 Å². The van der Waals surface area contributed by atoms with Crippen molar-refractivity contribution in [3.05, 3.63) is 74.4 Å². The Bertz CT molecular complexity index is 1390. The number of hydrogen-bond acceptors (Lipinski definition) is 5. The fourth-order valence-corrected chi connectivity index (χ4v) is 3.60. The van der Waals surface area contributed by atoms with Gasteiger partial charge in [-0.3, -0.25) is 4.79 Å². The number of nitrogens with one attached hydrogen (secondary N) is 1. The summed E-state index contributed by atoms with van der Waals surface area (Å²) in [5, 5.41) is 12.1. The fraction of sp³-hybridized carbons (Fsp3) is 0.261. The molecule has 0 aliphatic heterocycles. The molecule has 7 nitrogen and oxygen atoms in total. The van der Waals surface area contributed by atoms with Crippen LogP contribution in [0.25, 0.3) is 22.4 Å². The van der Waals surface area contributed by atoms with Crippen LogP contribution in [-0.2, 0) is 6.54 Å². The monoisotopic (exact) mass is 432 g/mol. The lowest BCUT2D eigenvalue weighted by atomic mass is 10.0. The van der Waals surface area contributed by atoms with Crippen molar-refractivity contribution in [2.24, 2.45) is 5.10 Å². The van der Waals surface area contributed by atoms with E-state index in [0.29, 0.717) is 39.7 Å². The SMILES string of the molecule is CCn1cc(-c2n[nH]c(=S)n2/N=C/c2ccc(C(C)C)cc2)c(=O)c2ccc(C)nc21. The van der Waals surface area contributed by atoms with Crippen molar-refractivity contribution in [1.29, 1.82) is 0 Å². The molecule has 0 atom stereocenters. The van der Waals surface area contributed by atoms with Crippen LogP contribution in [0.2, 0.25) is 0 Å². The molecule has 1 N–H and O–H groups in total. The van der Waals surface area contributed by atoms with Crippen molar-refractivity contribution >= 4 is 29.5 Å². The predicted molar refractivity (Wildman–Crippen MR) is 126 cm³/mol. The standard InChI is InChI=1S/C23H24N6OS/c1-5-28-13-19(20(30)18-11-6-15(4)25-21(18)28)22-26-27-23(31)29(22)24-12-16-7-9-17(10-8-16)14(2)3/h6-14H,5H2,1-4H3,(H,27,31)/b24-12+. The average molecular weight is 433 g/mol. The molecule has 0 amide bonds. The third-order valence-electron chi connectivity index (χ3n) is 5.22. The zero-order chi connectivity index (χ0) is 22.1. The molecule has 4 aromatic rings. The lowest BCUT2D eigenvalue weighted by molar-refractivity contribution is 0.773. The van der Waals surface area contributed by atoms with E-state index >= 15 is 0 Å². The molecule has 1 aromatic carbocycles. The van der Waals surface area contributed by atoms with Gasteiger partial charge in [0.15, 0.2) is 5.82 Å². The first kappa shape index (κ1) is 20.9. The number of aromatic nitrogens is 5. The number of hydrogen-bond donors (Lipinski definition) is 1. The van der Waals surface area contributed by atoms with E-state index in [4.69, 9.17) is 12.2 Å². The Morgan fingerprint density at radius 2 is 1.94 bits per heavy atom. The van der Waals surface area contributed by atoms with Gasteiger partial charge in [0.25, 0.3) is 0 Å². The Kier molecular flexibility index (Phi) is 5.65. The van der Waals surface area contributed by atoms with E-state index < -0.39 is 0 Å². The number of aryl methyl sites for hydroxylation is 2. The third kappa shape index (κ3) is 3.98. The number of fused-ring (bicyclic) bond motifs is 1. The summed E-state index contributed by atoms with van der Waals surface area (Å²) >= 11 is 5.37. The molecule has 0 spiro atoms. The maximum atomic E-state index is 13.2. The second-order valence-corrected chi connectivity index (χ2v) is 8.10. The Balaban J connectivity index is 1.82. The lowest BCUT2D eigenvalue weighted by Crippen LogP contribution is -2.15. The molecule has 4 rings (SSSR count). The van der Waals surface area contributed by atoms with Crippen LogP contribution in [0.3, 0.4) is 0 Å². The van der Waals surface area contributed by atoms with Gasteiger partial charge in [-0.1, -0.05) is 38.1 Å². The van der Waals surface area contributed by atoms with Crippen LogP contribution in [-0.4, -0.2) is 30.6 Å². The molecular weight excluding hydrogens is 408 g/mol. The highest BCUT2D eigenvalue weighted by atomic mass is 32.1. The fourth-order valence-electron chi connectivity index (χ4n) is 3.42. The van der Waals surface area contributed by atoms with Crippen LogP contribution in [0.15, 0.2) is 52.5 Å². The van der Waals surface area contributed by atoms with Gasteiger partial charge in [0, 0.05) is 18.4 Å². The second kappa shape index (κ2) is 8.39. The molecule has 0 fully saturated rings. The van der Waals surface area contributed by atoms with Gasteiger partial charge in [0.2, 0.25) is 10.2 Å². The maximum Gasteiger partial charge on any atom is 0.216 e. The van der Waals surface area contributed by atoms with Crippen molar-refractivity contribution in [2.75, 3.05) is 0 Å². The molecule has 3 heterocycles. The summed E-state index contributed by atoms with van der Waals surface area (Å²) in [6, 6.07) is 11.8. The molecule has 0 aliphatic rings. The molecule has 158 valence electrons. The minimum atomic E-state index is -0.154. The Hall–Kier alpha value is -3.39. The molecule has 8 heteroatoms. The maximum absolute atomic E-state index is 13.2. The Morgan fingerprint density at radius 3 is 2.61 bits per heavy atom. The number of pyridine rings is 2. The smallest absolute Gasteiger partial charge is 0.216 e. The summed E-state index contributed by atoms with van der Waals surface area (Å²) in [4.78, 5) is 17.8. The van der Waals surface area contributed by atoms with Gasteiger partial charge in [0.05, 0.1) is 17.2 Å². The highest BCUT2D eigenvalue weighted by molar-refractivity contribution is 7.71. The Morgan fingerprint density at radius 1 is 1.19 bits per heavy atom. The van der Waals surface area contributed by atoms with Crippen LogP contribution in [0.5, 0.6) is 0 Å². The highest BCUT2D eigenvalue weighted by Gasteiger charge is 2.17. The van der Waals surface area contributed by atoms with Gasteiger partial charge in [-0.25, -0.2) is 10.1 Å². The van der Waals surface area contributed by atoms with E-state index in [9.17, 15) is 4.79 Å². The molecule has 0 aliphatic carbocycles. The topological polar surface area (TPSA) is 80.9 Å². The van der Waals surface area contributed by atoms with Crippen molar-refractivity contribution in [3.8, 4) is 11.4 Å². The van der Waals surface area contributed by atoms with Crippen LogP contribution in [0.1, 0.15) is 43.5 Å². The van der Waals surface area contributed by atoms with Crippen molar-refractivity contribution in [2.45, 2.75) is 40.2 Å². The zero-order valence-corrected chi connectivity index (χ0v) is 18.8. The van der Waals surface area contributed by atoms with E-state index in [-0.39, 0.29) is 5.43 Å². The van der Waals surface area contributed by atoms with E-state index in [0.717, 1.165) is 11.3 Å². The summed E-state index contributed by atoms with van der Waals surface area (Å²) in [5.41, 5.74) is 3.97. The molecule has 0 radical (unpaired) electrons. The molecule has 0 saturated heterocycles. The number of rotatable bonds is 5. The molecule has 31 heavy (non-hydrogen) atoms. The van der Waals surface area contributed by atoms with E-state index in [1.165, 1.54) is 10.2 Å². The lowest BCUT2D eigenvalue weighted by Gasteiger charge is -2.11. The number of nitrogens with zero attached hydrogens (tertiary/aromatic N) is 5. The van der Waals surface area contributed by atoms with Crippen LogP contribution in [0, 0.1) is 11.7 Å². The summed E-state index contributed by atoms with van der Waals surface area (Å²) in [6.45, 7) is 8.89. The molecule has 0 bridgehead atoms. The zero-order valence-electron chi connectivity index (χ0n) is 18.0. The van der Waals surface area contributed by atoms with Crippen LogP contribution in [0.4, 0.5) is 0 Å².